The van der Waals surface area contributed by atoms with Crippen molar-refractivity contribution in [1.29, 1.82) is 0 Å². The molecule has 3 nitrogen and oxygen atoms in total. The van der Waals surface area contributed by atoms with Gasteiger partial charge in [0, 0.05) is 31.4 Å². The molecule has 0 bridgehead atoms. The largest absolute Gasteiger partial charge is 0.381 e. The van der Waals surface area contributed by atoms with Crippen LogP contribution >= 0.6 is 11.8 Å². The molecule has 1 unspecified atom stereocenters. The van der Waals surface area contributed by atoms with Gasteiger partial charge in [-0.2, -0.15) is 0 Å². The summed E-state index contributed by atoms with van der Waals surface area (Å²) in [5.41, 5.74) is 1.24. The Bertz CT molecular complexity index is 431. The van der Waals surface area contributed by atoms with Gasteiger partial charge in [0.1, 0.15) is 5.37 Å². The highest BCUT2D eigenvalue weighted by Crippen LogP contribution is 2.39. The summed E-state index contributed by atoms with van der Waals surface area (Å²) in [6.07, 6.45) is 1.75. The van der Waals surface area contributed by atoms with E-state index in [9.17, 15) is 4.79 Å². The maximum Gasteiger partial charge on any atom is 0.227 e. The number of carbonyl (C=O) groups is 1. The lowest BCUT2D eigenvalue weighted by molar-refractivity contribution is -0.138. The van der Waals surface area contributed by atoms with Crippen LogP contribution in [0.15, 0.2) is 30.3 Å². The number of carbonyl (C=O) groups excluding carboxylic acids is 1. The van der Waals surface area contributed by atoms with E-state index >= 15 is 0 Å². The molecule has 19 heavy (non-hydrogen) atoms. The molecule has 0 spiro atoms. The maximum absolute atomic E-state index is 12.6. The minimum Gasteiger partial charge on any atom is -0.381 e. The fraction of sp³-hybridized carbons (Fsp3) is 0.533. The molecule has 2 heterocycles. The third kappa shape index (κ3) is 2.79. The average molecular weight is 277 g/mol. The molecule has 2 aliphatic heterocycles. The quantitative estimate of drug-likeness (QED) is 0.832. The van der Waals surface area contributed by atoms with Crippen LogP contribution in [-0.2, 0) is 9.53 Å². The topological polar surface area (TPSA) is 29.5 Å². The number of hydrogen-bond donors (Lipinski definition) is 0. The minimum absolute atomic E-state index is 0.165. The van der Waals surface area contributed by atoms with Crippen LogP contribution in [0.4, 0.5) is 0 Å². The molecule has 0 radical (unpaired) electrons. The number of amides is 1. The van der Waals surface area contributed by atoms with Crippen molar-refractivity contribution in [1.82, 2.24) is 4.90 Å². The zero-order valence-corrected chi connectivity index (χ0v) is 11.8. The molecule has 102 valence electrons. The third-order valence-electron chi connectivity index (χ3n) is 3.83. The van der Waals surface area contributed by atoms with E-state index in [1.54, 1.807) is 0 Å². The zero-order valence-electron chi connectivity index (χ0n) is 11.0. The summed E-state index contributed by atoms with van der Waals surface area (Å²) >= 11 is 1.87. The fourth-order valence-corrected chi connectivity index (χ4v) is 4.03. The first-order valence-corrected chi connectivity index (χ1v) is 7.96. The molecule has 0 saturated carbocycles. The van der Waals surface area contributed by atoms with Crippen LogP contribution in [0.25, 0.3) is 0 Å². The molecule has 1 amide bonds. The standard InChI is InChI=1S/C15H19NO2S/c17-14(12-6-9-18-10-7-12)16-8-11-19-15(16)13-4-2-1-3-5-13/h1-5,12,15H,6-11H2. The van der Waals surface area contributed by atoms with Crippen molar-refractivity contribution in [3.05, 3.63) is 35.9 Å². The smallest absolute Gasteiger partial charge is 0.227 e. The Hall–Kier alpha value is -1.00. The van der Waals surface area contributed by atoms with E-state index in [2.05, 4.69) is 17.0 Å². The van der Waals surface area contributed by atoms with Gasteiger partial charge in [-0.15, -0.1) is 11.8 Å². The van der Waals surface area contributed by atoms with Crippen molar-refractivity contribution < 1.29 is 9.53 Å². The van der Waals surface area contributed by atoms with E-state index in [0.29, 0.717) is 5.91 Å². The normalized spacial score (nSPS) is 24.6. The van der Waals surface area contributed by atoms with E-state index in [-0.39, 0.29) is 11.3 Å². The molecule has 0 aliphatic carbocycles. The summed E-state index contributed by atoms with van der Waals surface area (Å²) in [5.74, 6) is 1.52. The lowest BCUT2D eigenvalue weighted by atomic mass is 9.98. The van der Waals surface area contributed by atoms with E-state index in [4.69, 9.17) is 4.74 Å². The van der Waals surface area contributed by atoms with Gasteiger partial charge in [0.2, 0.25) is 5.91 Å². The van der Waals surface area contributed by atoms with E-state index in [1.165, 1.54) is 5.56 Å². The van der Waals surface area contributed by atoms with E-state index < -0.39 is 0 Å². The van der Waals surface area contributed by atoms with Crippen LogP contribution in [0.2, 0.25) is 0 Å². The lowest BCUT2D eigenvalue weighted by Gasteiger charge is -2.30. The summed E-state index contributed by atoms with van der Waals surface area (Å²) in [6.45, 7) is 2.33. The zero-order chi connectivity index (χ0) is 13.1. The van der Waals surface area contributed by atoms with Crippen LogP contribution in [0.1, 0.15) is 23.8 Å². The maximum atomic E-state index is 12.6. The molecule has 0 aromatic heterocycles. The fourth-order valence-electron chi connectivity index (χ4n) is 2.77. The van der Waals surface area contributed by atoms with Crippen LogP contribution in [0, 0.1) is 5.92 Å². The van der Waals surface area contributed by atoms with Crippen LogP contribution in [-0.4, -0.2) is 36.3 Å². The molecule has 0 N–H and O–H groups in total. The third-order valence-corrected chi connectivity index (χ3v) is 5.09. The average Bonchev–Trinajstić information content (AvgIpc) is 2.98. The van der Waals surface area contributed by atoms with Gasteiger partial charge in [0.25, 0.3) is 0 Å². The van der Waals surface area contributed by atoms with Gasteiger partial charge >= 0.3 is 0 Å². The Balaban J connectivity index is 1.74. The van der Waals surface area contributed by atoms with E-state index in [1.807, 2.05) is 30.0 Å². The highest BCUT2D eigenvalue weighted by atomic mass is 32.2. The summed E-state index contributed by atoms with van der Waals surface area (Å²) in [4.78, 5) is 14.7. The number of hydrogen-bond acceptors (Lipinski definition) is 3. The molecular formula is C15H19NO2S. The monoisotopic (exact) mass is 277 g/mol. The number of rotatable bonds is 2. The van der Waals surface area contributed by atoms with Crippen LogP contribution in [0.5, 0.6) is 0 Å². The molecule has 3 rings (SSSR count). The van der Waals surface area contributed by atoms with E-state index in [0.717, 1.165) is 38.4 Å². The Morgan fingerprint density at radius 3 is 2.68 bits per heavy atom. The van der Waals surface area contributed by atoms with Gasteiger partial charge in [-0.1, -0.05) is 30.3 Å². The van der Waals surface area contributed by atoms with Gasteiger partial charge in [-0.25, -0.2) is 0 Å². The van der Waals surface area contributed by atoms with Crippen molar-refractivity contribution in [3.63, 3.8) is 0 Å². The predicted molar refractivity (Wildman–Crippen MR) is 76.9 cm³/mol. The predicted octanol–water partition coefficient (Wildman–Crippen LogP) is 2.69. The van der Waals surface area contributed by atoms with Gasteiger partial charge < -0.3 is 9.64 Å². The molecular weight excluding hydrogens is 258 g/mol. The molecule has 2 saturated heterocycles. The van der Waals surface area contributed by atoms with Crippen molar-refractivity contribution in [2.75, 3.05) is 25.5 Å². The van der Waals surface area contributed by atoms with Crippen LogP contribution in [0.3, 0.4) is 0 Å². The molecule has 2 aliphatic rings. The first kappa shape index (κ1) is 13.0. The van der Waals surface area contributed by atoms with Crippen molar-refractivity contribution in [2.45, 2.75) is 18.2 Å². The first-order valence-electron chi connectivity index (χ1n) is 6.91. The van der Waals surface area contributed by atoms with Crippen LogP contribution < -0.4 is 0 Å². The molecule has 1 atom stereocenters. The summed E-state index contributed by atoms with van der Waals surface area (Å²) in [6, 6.07) is 10.4. The van der Waals surface area contributed by atoms with Gasteiger partial charge in [-0.3, -0.25) is 4.79 Å². The van der Waals surface area contributed by atoms with Crippen molar-refractivity contribution in [3.8, 4) is 0 Å². The van der Waals surface area contributed by atoms with Crippen molar-refractivity contribution >= 4 is 17.7 Å². The first-order chi connectivity index (χ1) is 9.36. The van der Waals surface area contributed by atoms with Gasteiger partial charge in [0.15, 0.2) is 0 Å². The second-order valence-corrected chi connectivity index (χ2v) is 6.24. The second kappa shape index (κ2) is 5.97. The SMILES string of the molecule is O=C(C1CCOCC1)N1CCSC1c1ccccc1. The van der Waals surface area contributed by atoms with Gasteiger partial charge in [-0.05, 0) is 18.4 Å². The summed E-state index contributed by atoms with van der Waals surface area (Å²) in [5, 5.41) is 0.205. The molecule has 2 fully saturated rings. The summed E-state index contributed by atoms with van der Waals surface area (Å²) < 4.78 is 5.35. The number of ether oxygens (including phenoxy) is 1. The lowest BCUT2D eigenvalue weighted by Crippen LogP contribution is -2.38. The highest BCUT2D eigenvalue weighted by molar-refractivity contribution is 7.99. The molecule has 4 heteroatoms. The van der Waals surface area contributed by atoms with Gasteiger partial charge in [0.05, 0.1) is 0 Å². The Kier molecular flexibility index (Phi) is 4.09. The Morgan fingerprint density at radius 2 is 1.95 bits per heavy atom. The minimum atomic E-state index is 0.165. The second-order valence-electron chi connectivity index (χ2n) is 5.05. The number of benzene rings is 1. The number of nitrogens with zero attached hydrogens (tertiary/aromatic N) is 1. The number of thioether (sulfide) groups is 1. The molecule has 1 aromatic carbocycles. The Morgan fingerprint density at radius 1 is 1.21 bits per heavy atom. The Labute approximate surface area is 118 Å². The van der Waals surface area contributed by atoms with Crippen molar-refractivity contribution in [2.24, 2.45) is 5.92 Å². The summed E-state index contributed by atoms with van der Waals surface area (Å²) in [7, 11) is 0. The highest BCUT2D eigenvalue weighted by Gasteiger charge is 2.34. The molecule has 1 aromatic rings.